The van der Waals surface area contributed by atoms with E-state index in [1.807, 2.05) is 6.92 Å². The number of allylic oxidation sites excluding steroid dienone is 1. The zero-order chi connectivity index (χ0) is 11.1. The van der Waals surface area contributed by atoms with Crippen LogP contribution in [-0.4, -0.2) is 5.75 Å². The monoisotopic (exact) mass is 216 g/mol. The molecule has 0 aromatic carbocycles. The van der Waals surface area contributed by atoms with Gasteiger partial charge in [-0.05, 0) is 19.1 Å². The van der Waals surface area contributed by atoms with Gasteiger partial charge in [-0.1, -0.05) is 57.9 Å². The maximum atomic E-state index is 4.18. The lowest BCUT2D eigenvalue weighted by molar-refractivity contribution is 0.586. The van der Waals surface area contributed by atoms with Crippen LogP contribution in [0.15, 0.2) is 12.7 Å². The highest BCUT2D eigenvalue weighted by atomic mass is 32.1. The average molecular weight is 216 g/mol. The number of hydrogen-bond donors (Lipinski definition) is 1. The highest BCUT2D eigenvalue weighted by Gasteiger charge is 1.89. The Hall–Kier alpha value is 0.0900. The van der Waals surface area contributed by atoms with E-state index in [2.05, 4.69) is 26.1 Å². The van der Waals surface area contributed by atoms with Crippen LogP contribution in [0.25, 0.3) is 0 Å². The number of hydrogen-bond acceptors (Lipinski definition) is 1. The topological polar surface area (TPSA) is 0 Å². The molecule has 0 aliphatic heterocycles. The normalized spacial score (nSPS) is 9.07. The Labute approximate surface area is 96.6 Å². The number of thiol groups is 1. The van der Waals surface area contributed by atoms with E-state index < -0.39 is 0 Å². The molecule has 0 spiro atoms. The molecule has 0 nitrogen and oxygen atoms in total. The lowest BCUT2D eigenvalue weighted by atomic mass is 10.1. The Bertz CT molecular complexity index is 81.2. The van der Waals surface area contributed by atoms with E-state index in [9.17, 15) is 0 Å². The van der Waals surface area contributed by atoms with E-state index in [4.69, 9.17) is 0 Å². The molecule has 0 aliphatic rings. The molecule has 0 N–H and O–H groups in total. The van der Waals surface area contributed by atoms with Crippen molar-refractivity contribution in [2.24, 2.45) is 0 Å². The fraction of sp³-hybridized carbons (Fsp3) is 0.846. The zero-order valence-corrected chi connectivity index (χ0v) is 11.0. The quantitative estimate of drug-likeness (QED) is 0.320. The van der Waals surface area contributed by atoms with E-state index >= 15 is 0 Å². The Balaban J connectivity index is 0. The molecular formula is C13H28S. The molecule has 0 saturated carbocycles. The molecule has 86 valence electrons. The molecular weight excluding hydrogens is 188 g/mol. The van der Waals surface area contributed by atoms with Gasteiger partial charge in [0.15, 0.2) is 0 Å². The van der Waals surface area contributed by atoms with Crippen LogP contribution in [0.5, 0.6) is 0 Å². The molecule has 1 heteroatoms. The first-order chi connectivity index (χ1) is 6.83. The van der Waals surface area contributed by atoms with E-state index in [1.54, 1.807) is 6.08 Å². The van der Waals surface area contributed by atoms with E-state index in [0.717, 1.165) is 5.75 Å². The standard InChI is InChI=1S/C10H22S.C3H6/c1-2-3-4-5-6-7-8-9-10-11;1-3-2/h11H,2-10H2,1H3;3H,1H2,2H3. The third kappa shape index (κ3) is 22.7. The van der Waals surface area contributed by atoms with Crippen LogP contribution in [0.4, 0.5) is 0 Å². The zero-order valence-electron chi connectivity index (χ0n) is 10.1. The molecule has 0 aliphatic carbocycles. The van der Waals surface area contributed by atoms with Crippen LogP contribution >= 0.6 is 12.6 Å². The molecule has 0 aromatic heterocycles. The van der Waals surface area contributed by atoms with Crippen LogP contribution in [-0.2, 0) is 0 Å². The Morgan fingerprint density at radius 2 is 1.29 bits per heavy atom. The molecule has 0 atom stereocenters. The van der Waals surface area contributed by atoms with E-state index in [-0.39, 0.29) is 0 Å². The molecule has 0 rings (SSSR count). The summed E-state index contributed by atoms with van der Waals surface area (Å²) in [7, 11) is 0. The van der Waals surface area contributed by atoms with Crippen molar-refractivity contribution in [2.75, 3.05) is 5.75 Å². The van der Waals surface area contributed by atoms with Crippen LogP contribution in [0.3, 0.4) is 0 Å². The maximum absolute atomic E-state index is 4.18. The predicted molar refractivity (Wildman–Crippen MR) is 72.3 cm³/mol. The van der Waals surface area contributed by atoms with Crippen molar-refractivity contribution in [1.82, 2.24) is 0 Å². The van der Waals surface area contributed by atoms with Gasteiger partial charge in [0.25, 0.3) is 0 Å². The van der Waals surface area contributed by atoms with Crippen molar-refractivity contribution in [3.8, 4) is 0 Å². The van der Waals surface area contributed by atoms with Gasteiger partial charge in [-0.3, -0.25) is 0 Å². The summed E-state index contributed by atoms with van der Waals surface area (Å²) < 4.78 is 0. The van der Waals surface area contributed by atoms with Crippen LogP contribution in [0.2, 0.25) is 0 Å². The summed E-state index contributed by atoms with van der Waals surface area (Å²) in [5.41, 5.74) is 0. The van der Waals surface area contributed by atoms with Gasteiger partial charge in [0.05, 0.1) is 0 Å². The van der Waals surface area contributed by atoms with E-state index in [0.29, 0.717) is 0 Å². The summed E-state index contributed by atoms with van der Waals surface area (Å²) in [5.74, 6) is 1.06. The van der Waals surface area contributed by atoms with Gasteiger partial charge in [-0.2, -0.15) is 12.6 Å². The van der Waals surface area contributed by atoms with Crippen LogP contribution in [0.1, 0.15) is 65.2 Å². The first-order valence-corrected chi connectivity index (χ1v) is 6.64. The average Bonchev–Trinajstić information content (AvgIpc) is 2.18. The van der Waals surface area contributed by atoms with Crippen molar-refractivity contribution >= 4 is 12.6 Å². The Morgan fingerprint density at radius 1 is 0.929 bits per heavy atom. The largest absolute Gasteiger partial charge is 0.179 e. The molecule has 0 heterocycles. The van der Waals surface area contributed by atoms with Crippen molar-refractivity contribution in [1.29, 1.82) is 0 Å². The Morgan fingerprint density at radius 3 is 1.64 bits per heavy atom. The summed E-state index contributed by atoms with van der Waals surface area (Å²) in [5, 5.41) is 0. The second-order valence-electron chi connectivity index (χ2n) is 3.61. The second kappa shape index (κ2) is 18.8. The van der Waals surface area contributed by atoms with Gasteiger partial charge >= 0.3 is 0 Å². The van der Waals surface area contributed by atoms with Gasteiger partial charge in [0, 0.05) is 0 Å². The second-order valence-corrected chi connectivity index (χ2v) is 4.05. The highest BCUT2D eigenvalue weighted by Crippen LogP contribution is 2.08. The van der Waals surface area contributed by atoms with Crippen molar-refractivity contribution in [3.05, 3.63) is 12.7 Å². The van der Waals surface area contributed by atoms with Crippen molar-refractivity contribution in [3.63, 3.8) is 0 Å². The fourth-order valence-corrected chi connectivity index (χ4v) is 1.47. The number of rotatable bonds is 8. The summed E-state index contributed by atoms with van der Waals surface area (Å²) in [6.45, 7) is 7.51. The summed E-state index contributed by atoms with van der Waals surface area (Å²) in [4.78, 5) is 0. The molecule has 0 saturated heterocycles. The third-order valence-corrected chi connectivity index (χ3v) is 2.33. The van der Waals surface area contributed by atoms with Gasteiger partial charge in [-0.25, -0.2) is 0 Å². The van der Waals surface area contributed by atoms with Crippen LogP contribution < -0.4 is 0 Å². The van der Waals surface area contributed by atoms with Crippen LogP contribution in [0, 0.1) is 0 Å². The summed E-state index contributed by atoms with van der Waals surface area (Å²) in [6.07, 6.45) is 13.0. The summed E-state index contributed by atoms with van der Waals surface area (Å²) >= 11 is 4.18. The van der Waals surface area contributed by atoms with Gasteiger partial charge < -0.3 is 0 Å². The lowest BCUT2D eigenvalue weighted by Crippen LogP contribution is -1.80. The predicted octanol–water partition coefficient (Wildman–Crippen LogP) is 5.25. The molecule has 0 fully saturated rings. The molecule has 0 aromatic rings. The first kappa shape index (κ1) is 16.5. The number of unbranched alkanes of at least 4 members (excludes halogenated alkanes) is 7. The molecule has 0 bridgehead atoms. The minimum atomic E-state index is 1.06. The Kier molecular flexibility index (Phi) is 22.2. The SMILES string of the molecule is C=CC.CCCCCCCCCCS. The summed E-state index contributed by atoms with van der Waals surface area (Å²) in [6, 6.07) is 0. The van der Waals surface area contributed by atoms with Gasteiger partial charge in [0.2, 0.25) is 0 Å². The van der Waals surface area contributed by atoms with Crippen molar-refractivity contribution in [2.45, 2.75) is 65.2 Å². The molecule has 0 amide bonds. The minimum Gasteiger partial charge on any atom is -0.179 e. The van der Waals surface area contributed by atoms with Gasteiger partial charge in [-0.15, -0.1) is 6.58 Å². The van der Waals surface area contributed by atoms with Gasteiger partial charge in [0.1, 0.15) is 0 Å². The molecule has 0 unspecified atom stereocenters. The third-order valence-electron chi connectivity index (χ3n) is 2.01. The first-order valence-electron chi connectivity index (χ1n) is 6.01. The molecule has 0 radical (unpaired) electrons. The highest BCUT2D eigenvalue weighted by molar-refractivity contribution is 7.80. The smallest absolute Gasteiger partial charge is 0.00979 e. The van der Waals surface area contributed by atoms with Crippen molar-refractivity contribution < 1.29 is 0 Å². The minimum absolute atomic E-state index is 1.06. The van der Waals surface area contributed by atoms with E-state index in [1.165, 1.54) is 51.4 Å². The lowest BCUT2D eigenvalue weighted by Gasteiger charge is -1.98. The maximum Gasteiger partial charge on any atom is -0.00979 e. The molecule has 14 heavy (non-hydrogen) atoms. The fourth-order valence-electron chi connectivity index (χ4n) is 1.25.